The molecule has 1 unspecified atom stereocenters. The molecular formula is C9H12FN3S2. The van der Waals surface area contributed by atoms with E-state index >= 15 is 0 Å². The van der Waals surface area contributed by atoms with Gasteiger partial charge in [-0.2, -0.15) is 23.5 Å². The molecule has 15 heavy (non-hydrogen) atoms. The third-order valence-electron chi connectivity index (χ3n) is 1.99. The lowest BCUT2D eigenvalue weighted by atomic mass is 10.4. The van der Waals surface area contributed by atoms with E-state index in [2.05, 4.69) is 15.3 Å². The van der Waals surface area contributed by atoms with E-state index in [0.29, 0.717) is 11.2 Å². The highest BCUT2D eigenvalue weighted by Gasteiger charge is 2.13. The molecule has 1 aliphatic heterocycles. The van der Waals surface area contributed by atoms with Crippen molar-refractivity contribution in [1.29, 1.82) is 0 Å². The molecule has 1 aromatic rings. The van der Waals surface area contributed by atoms with Crippen LogP contribution in [0, 0.1) is 5.82 Å². The molecule has 0 aromatic carbocycles. The molecule has 0 radical (unpaired) electrons. The van der Waals surface area contributed by atoms with Crippen molar-refractivity contribution < 1.29 is 4.39 Å². The molecule has 82 valence electrons. The maximum absolute atomic E-state index is 12.5. The Balaban J connectivity index is 1.79. The van der Waals surface area contributed by atoms with Gasteiger partial charge in [0, 0.05) is 29.1 Å². The van der Waals surface area contributed by atoms with Gasteiger partial charge < -0.3 is 5.32 Å². The minimum absolute atomic E-state index is 0.400. The predicted molar refractivity (Wildman–Crippen MR) is 64.1 cm³/mol. The Hall–Kier alpha value is -0.490. The van der Waals surface area contributed by atoms with Crippen LogP contribution >= 0.6 is 23.5 Å². The molecular weight excluding hydrogens is 233 g/mol. The summed E-state index contributed by atoms with van der Waals surface area (Å²) in [7, 11) is 0. The van der Waals surface area contributed by atoms with Crippen molar-refractivity contribution in [3.63, 3.8) is 0 Å². The normalized spacial score (nSPS) is 21.3. The molecule has 2 rings (SSSR count). The summed E-state index contributed by atoms with van der Waals surface area (Å²) in [4.78, 5) is 7.70. The fourth-order valence-electron chi connectivity index (χ4n) is 1.26. The summed E-state index contributed by atoms with van der Waals surface area (Å²) in [5, 5.41) is 3.73. The molecule has 1 N–H and O–H groups in total. The average molecular weight is 245 g/mol. The predicted octanol–water partition coefficient (Wildman–Crippen LogP) is 1.88. The van der Waals surface area contributed by atoms with Crippen molar-refractivity contribution in [2.45, 2.75) is 5.25 Å². The van der Waals surface area contributed by atoms with Crippen molar-refractivity contribution in [3.05, 3.63) is 18.2 Å². The molecule has 2 heterocycles. The second-order valence-electron chi connectivity index (χ2n) is 3.17. The van der Waals surface area contributed by atoms with E-state index in [0.717, 1.165) is 6.54 Å². The van der Waals surface area contributed by atoms with Gasteiger partial charge in [0.15, 0.2) is 5.82 Å². The summed E-state index contributed by atoms with van der Waals surface area (Å²) in [6, 6.07) is 0. The molecule has 1 atom stereocenters. The smallest absolute Gasteiger partial charge is 0.222 e. The van der Waals surface area contributed by atoms with Gasteiger partial charge in [0.1, 0.15) is 0 Å². The van der Waals surface area contributed by atoms with Crippen LogP contribution < -0.4 is 5.32 Å². The topological polar surface area (TPSA) is 37.8 Å². The molecule has 0 spiro atoms. The molecule has 0 amide bonds. The highest BCUT2D eigenvalue weighted by atomic mass is 32.2. The first-order chi connectivity index (χ1) is 7.34. The second-order valence-corrected chi connectivity index (χ2v) is 5.73. The third kappa shape index (κ3) is 3.53. The van der Waals surface area contributed by atoms with E-state index in [9.17, 15) is 4.39 Å². The lowest BCUT2D eigenvalue weighted by Gasteiger charge is -2.20. The second kappa shape index (κ2) is 5.55. The lowest BCUT2D eigenvalue weighted by Crippen LogP contribution is -2.23. The molecule has 3 nitrogen and oxygen atoms in total. The van der Waals surface area contributed by atoms with Crippen molar-refractivity contribution in [1.82, 2.24) is 9.97 Å². The molecule has 1 fully saturated rings. The first-order valence-corrected chi connectivity index (χ1v) is 6.96. The summed E-state index contributed by atoms with van der Waals surface area (Å²) in [6.07, 6.45) is 2.36. The van der Waals surface area contributed by atoms with Crippen LogP contribution in [-0.4, -0.2) is 39.0 Å². The summed E-state index contributed by atoms with van der Waals surface area (Å²) in [5.74, 6) is 3.73. The maximum atomic E-state index is 12.5. The number of hydrogen-bond donors (Lipinski definition) is 1. The summed E-state index contributed by atoms with van der Waals surface area (Å²) in [6.45, 7) is 0.850. The van der Waals surface area contributed by atoms with Crippen LogP contribution in [0.15, 0.2) is 12.4 Å². The maximum Gasteiger partial charge on any atom is 0.222 e. The number of halogens is 1. The van der Waals surface area contributed by atoms with Gasteiger partial charge in [0.05, 0.1) is 12.4 Å². The Morgan fingerprint density at radius 3 is 2.87 bits per heavy atom. The monoisotopic (exact) mass is 245 g/mol. The van der Waals surface area contributed by atoms with Crippen LogP contribution in [0.5, 0.6) is 0 Å². The Kier molecular flexibility index (Phi) is 4.08. The van der Waals surface area contributed by atoms with E-state index in [4.69, 9.17) is 0 Å². The third-order valence-corrected chi connectivity index (χ3v) is 4.84. The average Bonchev–Trinajstić information content (AvgIpc) is 2.30. The van der Waals surface area contributed by atoms with E-state index in [-0.39, 0.29) is 0 Å². The number of nitrogens with one attached hydrogen (secondary N) is 1. The number of nitrogens with zero attached hydrogens (tertiary/aromatic N) is 2. The Bertz CT molecular complexity index is 301. The van der Waals surface area contributed by atoms with Crippen molar-refractivity contribution >= 4 is 29.5 Å². The highest BCUT2D eigenvalue weighted by Crippen LogP contribution is 2.23. The van der Waals surface area contributed by atoms with Gasteiger partial charge in [-0.3, -0.25) is 0 Å². The number of rotatable bonds is 3. The number of thioether (sulfide) groups is 2. The number of anilines is 1. The van der Waals surface area contributed by atoms with Gasteiger partial charge in [-0.15, -0.1) is 0 Å². The zero-order valence-electron chi connectivity index (χ0n) is 8.15. The fraction of sp³-hybridized carbons (Fsp3) is 0.556. The Labute approximate surface area is 96.7 Å². The summed E-state index contributed by atoms with van der Waals surface area (Å²) >= 11 is 3.95. The number of aromatic nitrogens is 2. The van der Waals surface area contributed by atoms with E-state index in [1.54, 1.807) is 0 Å². The van der Waals surface area contributed by atoms with Gasteiger partial charge in [-0.1, -0.05) is 0 Å². The van der Waals surface area contributed by atoms with Gasteiger partial charge in [-0.05, 0) is 0 Å². The minimum atomic E-state index is -0.400. The quantitative estimate of drug-likeness (QED) is 0.880. The largest absolute Gasteiger partial charge is 0.353 e. The van der Waals surface area contributed by atoms with Gasteiger partial charge in [0.25, 0.3) is 0 Å². The SMILES string of the molecule is Fc1cnc(NCC2CSCCS2)nc1. The molecule has 0 saturated carbocycles. The van der Waals surface area contributed by atoms with E-state index < -0.39 is 5.82 Å². The van der Waals surface area contributed by atoms with Crippen LogP contribution in [0.3, 0.4) is 0 Å². The van der Waals surface area contributed by atoms with Gasteiger partial charge in [-0.25, -0.2) is 14.4 Å². The zero-order valence-corrected chi connectivity index (χ0v) is 9.78. The summed E-state index contributed by atoms with van der Waals surface area (Å²) < 4.78 is 12.5. The first-order valence-electron chi connectivity index (χ1n) is 4.75. The van der Waals surface area contributed by atoms with Crippen LogP contribution in [0.2, 0.25) is 0 Å². The van der Waals surface area contributed by atoms with E-state index in [1.807, 2.05) is 23.5 Å². The van der Waals surface area contributed by atoms with Gasteiger partial charge in [0.2, 0.25) is 5.95 Å². The Morgan fingerprint density at radius 1 is 1.40 bits per heavy atom. The van der Waals surface area contributed by atoms with Crippen LogP contribution in [0.1, 0.15) is 0 Å². The lowest BCUT2D eigenvalue weighted by molar-refractivity contribution is 0.614. The van der Waals surface area contributed by atoms with Crippen molar-refractivity contribution in [3.8, 4) is 0 Å². The Morgan fingerprint density at radius 2 is 2.20 bits per heavy atom. The van der Waals surface area contributed by atoms with Gasteiger partial charge >= 0.3 is 0 Å². The minimum Gasteiger partial charge on any atom is -0.353 e. The first kappa shape index (κ1) is 11.0. The molecule has 1 aromatic heterocycles. The van der Waals surface area contributed by atoms with E-state index in [1.165, 1.54) is 29.7 Å². The van der Waals surface area contributed by atoms with Crippen LogP contribution in [0.4, 0.5) is 10.3 Å². The van der Waals surface area contributed by atoms with Crippen molar-refractivity contribution in [2.24, 2.45) is 0 Å². The fourth-order valence-corrected chi connectivity index (χ4v) is 3.87. The summed E-state index contributed by atoms with van der Waals surface area (Å²) in [5.41, 5.74) is 0. The highest BCUT2D eigenvalue weighted by molar-refractivity contribution is 8.06. The molecule has 0 aliphatic carbocycles. The molecule has 1 saturated heterocycles. The molecule has 6 heteroatoms. The van der Waals surface area contributed by atoms with Crippen LogP contribution in [-0.2, 0) is 0 Å². The molecule has 0 bridgehead atoms. The van der Waals surface area contributed by atoms with Crippen LogP contribution in [0.25, 0.3) is 0 Å². The number of hydrogen-bond acceptors (Lipinski definition) is 5. The zero-order chi connectivity index (χ0) is 10.5. The molecule has 1 aliphatic rings. The van der Waals surface area contributed by atoms with Crippen molar-refractivity contribution in [2.75, 3.05) is 29.1 Å². The standard InChI is InChI=1S/C9H12FN3S2/c10-7-3-11-9(12-4-7)13-5-8-6-14-1-2-15-8/h3-4,8H,1-2,5-6H2,(H,11,12,13).